The Kier molecular flexibility index (Phi) is 3.68. The first-order valence-electron chi connectivity index (χ1n) is 5.85. The van der Waals surface area contributed by atoms with Crippen LogP contribution in [0.25, 0.3) is 0 Å². The summed E-state index contributed by atoms with van der Waals surface area (Å²) in [5.74, 6) is 0. The maximum Gasteiger partial charge on any atom is 0.175 e. The van der Waals surface area contributed by atoms with Crippen molar-refractivity contribution in [3.63, 3.8) is 0 Å². The molecule has 100 valence electrons. The minimum absolute atomic E-state index is 0.298. The van der Waals surface area contributed by atoms with E-state index in [1.807, 2.05) is 13.0 Å². The molecular formula is C14H16N2O2S. The summed E-state index contributed by atoms with van der Waals surface area (Å²) < 4.78 is 22.8. The Morgan fingerprint density at radius 2 is 1.79 bits per heavy atom. The predicted molar refractivity (Wildman–Crippen MR) is 74.6 cm³/mol. The fraction of sp³-hybridized carbons (Fsp3) is 0.214. The lowest BCUT2D eigenvalue weighted by Crippen LogP contribution is -2.13. The highest BCUT2D eigenvalue weighted by Crippen LogP contribution is 2.22. The van der Waals surface area contributed by atoms with Crippen molar-refractivity contribution >= 4 is 9.84 Å². The van der Waals surface area contributed by atoms with Gasteiger partial charge in [0, 0.05) is 18.6 Å². The van der Waals surface area contributed by atoms with E-state index in [4.69, 9.17) is 5.73 Å². The molecule has 0 radical (unpaired) electrons. The second kappa shape index (κ2) is 5.11. The average Bonchev–Trinajstić information content (AvgIpc) is 2.38. The molecule has 0 aliphatic carbocycles. The summed E-state index contributed by atoms with van der Waals surface area (Å²) >= 11 is 0. The fourth-order valence-electron chi connectivity index (χ4n) is 1.90. The molecule has 0 aliphatic heterocycles. The maximum atomic E-state index is 11.4. The van der Waals surface area contributed by atoms with Gasteiger partial charge >= 0.3 is 0 Å². The van der Waals surface area contributed by atoms with Crippen LogP contribution in [0.5, 0.6) is 0 Å². The summed E-state index contributed by atoms with van der Waals surface area (Å²) in [4.78, 5) is 4.37. The third-order valence-electron chi connectivity index (χ3n) is 3.08. The Labute approximate surface area is 113 Å². The lowest BCUT2D eigenvalue weighted by atomic mass is 9.98. The van der Waals surface area contributed by atoms with E-state index < -0.39 is 9.84 Å². The number of pyridine rings is 1. The van der Waals surface area contributed by atoms with Crippen LogP contribution in [0.3, 0.4) is 0 Å². The highest BCUT2D eigenvalue weighted by Gasteiger charge is 2.13. The van der Waals surface area contributed by atoms with Gasteiger partial charge in [0.15, 0.2) is 9.84 Å². The van der Waals surface area contributed by atoms with Crippen LogP contribution >= 0.6 is 0 Å². The van der Waals surface area contributed by atoms with Crippen molar-refractivity contribution in [3.05, 3.63) is 59.4 Å². The minimum atomic E-state index is -3.17. The summed E-state index contributed by atoms with van der Waals surface area (Å²) in [6.07, 6.45) is 4.65. The summed E-state index contributed by atoms with van der Waals surface area (Å²) in [6.45, 7) is 1.97. The molecule has 0 saturated heterocycles. The van der Waals surface area contributed by atoms with E-state index in [9.17, 15) is 8.42 Å². The van der Waals surface area contributed by atoms with Crippen LogP contribution in [0.1, 0.15) is 22.7 Å². The van der Waals surface area contributed by atoms with Crippen LogP contribution in [-0.2, 0) is 9.84 Å². The van der Waals surface area contributed by atoms with Crippen molar-refractivity contribution in [2.45, 2.75) is 17.9 Å². The Hall–Kier alpha value is -1.72. The zero-order chi connectivity index (χ0) is 14.0. The van der Waals surface area contributed by atoms with Gasteiger partial charge in [-0.05, 0) is 41.8 Å². The SMILES string of the molecule is Cc1ccncc1C(N)c1ccc(S(C)(=O)=O)cc1. The van der Waals surface area contributed by atoms with Gasteiger partial charge in [-0.25, -0.2) is 8.42 Å². The van der Waals surface area contributed by atoms with Crippen LogP contribution in [0.15, 0.2) is 47.6 Å². The fourth-order valence-corrected chi connectivity index (χ4v) is 2.53. The van der Waals surface area contributed by atoms with Crippen molar-refractivity contribution in [3.8, 4) is 0 Å². The van der Waals surface area contributed by atoms with E-state index in [2.05, 4.69) is 4.98 Å². The molecule has 2 rings (SSSR count). The van der Waals surface area contributed by atoms with Gasteiger partial charge in [0.25, 0.3) is 0 Å². The number of nitrogens with two attached hydrogens (primary N) is 1. The van der Waals surface area contributed by atoms with Gasteiger partial charge in [0.1, 0.15) is 0 Å². The molecule has 0 fully saturated rings. The molecule has 0 saturated carbocycles. The van der Waals surface area contributed by atoms with Crippen molar-refractivity contribution in [2.24, 2.45) is 5.73 Å². The lowest BCUT2D eigenvalue weighted by Gasteiger charge is -2.14. The standard InChI is InChI=1S/C14H16N2O2S/c1-10-7-8-16-9-13(10)14(15)11-3-5-12(6-4-11)19(2,17)18/h3-9,14H,15H2,1-2H3. The van der Waals surface area contributed by atoms with Gasteiger partial charge in [0.05, 0.1) is 10.9 Å². The first-order valence-corrected chi connectivity index (χ1v) is 7.75. The molecule has 0 bridgehead atoms. The number of hydrogen-bond acceptors (Lipinski definition) is 4. The Morgan fingerprint density at radius 3 is 2.32 bits per heavy atom. The number of nitrogens with zero attached hydrogens (tertiary/aromatic N) is 1. The van der Waals surface area contributed by atoms with Crippen LogP contribution < -0.4 is 5.73 Å². The van der Waals surface area contributed by atoms with Gasteiger partial charge < -0.3 is 5.73 Å². The van der Waals surface area contributed by atoms with Crippen LogP contribution in [0, 0.1) is 6.92 Å². The molecule has 19 heavy (non-hydrogen) atoms. The Balaban J connectivity index is 2.36. The Bertz CT molecular complexity index is 679. The van der Waals surface area contributed by atoms with Crippen molar-refractivity contribution in [1.29, 1.82) is 0 Å². The van der Waals surface area contributed by atoms with E-state index in [1.165, 1.54) is 6.26 Å². The maximum absolute atomic E-state index is 11.4. The molecule has 1 atom stereocenters. The monoisotopic (exact) mass is 276 g/mol. The van der Waals surface area contributed by atoms with Crippen molar-refractivity contribution < 1.29 is 8.42 Å². The molecule has 1 unspecified atom stereocenters. The van der Waals surface area contributed by atoms with Crippen LogP contribution in [0.2, 0.25) is 0 Å². The van der Waals surface area contributed by atoms with Gasteiger partial charge in [-0.3, -0.25) is 4.98 Å². The average molecular weight is 276 g/mol. The van der Waals surface area contributed by atoms with Gasteiger partial charge in [-0.2, -0.15) is 0 Å². The highest BCUT2D eigenvalue weighted by atomic mass is 32.2. The molecule has 4 nitrogen and oxygen atoms in total. The second-order valence-corrected chi connectivity index (χ2v) is 6.57. The smallest absolute Gasteiger partial charge is 0.175 e. The van der Waals surface area contributed by atoms with Crippen LogP contribution in [-0.4, -0.2) is 19.7 Å². The van der Waals surface area contributed by atoms with Gasteiger partial charge in [0.2, 0.25) is 0 Å². The van der Waals surface area contributed by atoms with E-state index in [0.29, 0.717) is 4.90 Å². The van der Waals surface area contributed by atoms with E-state index in [0.717, 1.165) is 16.7 Å². The molecule has 1 aromatic carbocycles. The largest absolute Gasteiger partial charge is 0.320 e. The van der Waals surface area contributed by atoms with E-state index in [-0.39, 0.29) is 6.04 Å². The molecule has 1 heterocycles. The number of sulfone groups is 1. The number of aromatic nitrogens is 1. The summed E-state index contributed by atoms with van der Waals surface area (Å²) in [5.41, 5.74) is 9.06. The van der Waals surface area contributed by atoms with Crippen molar-refractivity contribution in [2.75, 3.05) is 6.26 Å². The number of rotatable bonds is 3. The number of aryl methyl sites for hydroxylation is 1. The second-order valence-electron chi connectivity index (χ2n) is 4.55. The first kappa shape index (κ1) is 13.7. The zero-order valence-electron chi connectivity index (χ0n) is 10.9. The molecule has 0 spiro atoms. The van der Waals surface area contributed by atoms with Crippen LogP contribution in [0.4, 0.5) is 0 Å². The quantitative estimate of drug-likeness (QED) is 0.928. The minimum Gasteiger partial charge on any atom is -0.320 e. The Morgan fingerprint density at radius 1 is 1.16 bits per heavy atom. The zero-order valence-corrected chi connectivity index (χ0v) is 11.7. The lowest BCUT2D eigenvalue weighted by molar-refractivity contribution is 0.602. The van der Waals surface area contributed by atoms with Crippen molar-refractivity contribution in [1.82, 2.24) is 4.98 Å². The molecular weight excluding hydrogens is 260 g/mol. The normalized spacial score (nSPS) is 13.2. The first-order chi connectivity index (χ1) is 8.89. The molecule has 0 aliphatic rings. The third-order valence-corrected chi connectivity index (χ3v) is 4.21. The predicted octanol–water partition coefficient (Wildman–Crippen LogP) is 1.84. The number of benzene rings is 1. The molecule has 5 heteroatoms. The highest BCUT2D eigenvalue weighted by molar-refractivity contribution is 7.90. The third kappa shape index (κ3) is 3.00. The van der Waals surface area contributed by atoms with E-state index >= 15 is 0 Å². The molecule has 1 aromatic heterocycles. The van der Waals surface area contributed by atoms with E-state index in [1.54, 1.807) is 36.7 Å². The summed E-state index contributed by atoms with van der Waals surface area (Å²) in [6, 6.07) is 8.25. The number of hydrogen-bond donors (Lipinski definition) is 1. The topological polar surface area (TPSA) is 73.0 Å². The van der Waals surface area contributed by atoms with Gasteiger partial charge in [-0.15, -0.1) is 0 Å². The molecule has 2 N–H and O–H groups in total. The summed E-state index contributed by atoms with van der Waals surface area (Å²) in [5, 5.41) is 0. The van der Waals surface area contributed by atoms with Gasteiger partial charge in [-0.1, -0.05) is 12.1 Å². The molecule has 0 amide bonds. The summed E-state index contributed by atoms with van der Waals surface area (Å²) in [7, 11) is -3.17. The molecule has 2 aromatic rings.